The Balaban J connectivity index is 2.39. The van der Waals surface area contributed by atoms with E-state index in [0.717, 1.165) is 17.7 Å². The van der Waals surface area contributed by atoms with E-state index in [-0.39, 0.29) is 12.0 Å². The molecule has 8 nitrogen and oxygen atoms in total. The molecule has 0 amide bonds. The standard InChI is InChI=1S/C20H27FN8S2/c1-13(24-27-20(23-3)31-6)18(25-26-19(30)22-2)16-12-28(4)17(29(16)5)11-14-7-9-15(21)10-8-14/h7-10,12,17H,11H2,1-6H3,(H,22,30)/p+2. The van der Waals surface area contributed by atoms with Gasteiger partial charge in [0.1, 0.15) is 26.3 Å². The SMILES string of the molecule is CN=C(N/N=C(C)/C(=N/NC(=S)NC)C1=[N+](C)C(Cc2ccc(F)cc2)[N+](C)=C1)SC. The van der Waals surface area contributed by atoms with Crippen LogP contribution < -0.4 is 16.2 Å². The van der Waals surface area contributed by atoms with E-state index in [1.54, 1.807) is 14.1 Å². The first-order valence-corrected chi connectivity index (χ1v) is 11.2. The van der Waals surface area contributed by atoms with Gasteiger partial charge in [0.2, 0.25) is 6.21 Å². The number of rotatable bonds is 6. The van der Waals surface area contributed by atoms with Gasteiger partial charge in [-0.25, -0.2) is 4.39 Å². The van der Waals surface area contributed by atoms with Gasteiger partial charge in [0.15, 0.2) is 16.0 Å². The van der Waals surface area contributed by atoms with E-state index in [9.17, 15) is 4.39 Å². The van der Waals surface area contributed by atoms with Gasteiger partial charge in [0.25, 0.3) is 5.71 Å². The molecule has 1 heterocycles. The quantitative estimate of drug-likeness (QED) is 0.194. The van der Waals surface area contributed by atoms with Crippen molar-refractivity contribution in [1.29, 1.82) is 0 Å². The lowest BCUT2D eigenvalue weighted by Crippen LogP contribution is -2.37. The van der Waals surface area contributed by atoms with Gasteiger partial charge in [-0.2, -0.15) is 19.4 Å². The molecule has 11 heteroatoms. The van der Waals surface area contributed by atoms with Gasteiger partial charge in [-0.15, -0.1) is 0 Å². The molecule has 0 radical (unpaired) electrons. The third-order valence-corrected chi connectivity index (χ3v) is 5.71. The van der Waals surface area contributed by atoms with Crippen LogP contribution in [0.1, 0.15) is 12.5 Å². The minimum atomic E-state index is -0.240. The third-order valence-electron chi connectivity index (χ3n) is 4.75. The van der Waals surface area contributed by atoms with Crippen LogP contribution in [-0.2, 0) is 6.42 Å². The van der Waals surface area contributed by atoms with Crippen molar-refractivity contribution in [3.8, 4) is 0 Å². The molecule has 0 spiro atoms. The summed E-state index contributed by atoms with van der Waals surface area (Å²) in [7, 11) is 7.43. The summed E-state index contributed by atoms with van der Waals surface area (Å²) >= 11 is 6.64. The summed E-state index contributed by atoms with van der Waals surface area (Å²) in [6.07, 6.45) is 4.70. The van der Waals surface area contributed by atoms with E-state index in [0.29, 0.717) is 21.7 Å². The Kier molecular flexibility index (Phi) is 9.25. The summed E-state index contributed by atoms with van der Waals surface area (Å²) in [6.45, 7) is 1.87. The Morgan fingerprint density at radius 1 is 1.19 bits per heavy atom. The fourth-order valence-corrected chi connectivity index (χ4v) is 3.37. The van der Waals surface area contributed by atoms with Gasteiger partial charge in [-0.05, 0) is 43.1 Å². The van der Waals surface area contributed by atoms with Crippen molar-refractivity contribution in [1.82, 2.24) is 16.2 Å². The number of amidine groups is 1. The number of hydrogen-bond donors (Lipinski definition) is 3. The van der Waals surface area contributed by atoms with E-state index in [1.165, 1.54) is 23.9 Å². The van der Waals surface area contributed by atoms with Crippen LogP contribution in [0.15, 0.2) is 39.5 Å². The number of likely N-dealkylation sites (N-methyl/N-ethyl adjacent to an activating group) is 2. The van der Waals surface area contributed by atoms with Crippen molar-refractivity contribution in [2.45, 2.75) is 19.5 Å². The first-order chi connectivity index (χ1) is 14.8. The zero-order valence-electron chi connectivity index (χ0n) is 18.6. The zero-order chi connectivity index (χ0) is 23.0. The number of nitrogens with one attached hydrogen (secondary N) is 3. The van der Waals surface area contributed by atoms with Gasteiger partial charge in [-0.1, -0.05) is 23.9 Å². The number of hydrogen-bond acceptors (Lipinski definition) is 5. The number of halogens is 1. The Morgan fingerprint density at radius 3 is 2.45 bits per heavy atom. The predicted octanol–water partition coefficient (Wildman–Crippen LogP) is 1.27. The molecule has 0 saturated heterocycles. The summed E-state index contributed by atoms with van der Waals surface area (Å²) in [4.78, 5) is 4.13. The molecule has 0 aliphatic carbocycles. The van der Waals surface area contributed by atoms with Gasteiger partial charge < -0.3 is 5.32 Å². The van der Waals surface area contributed by atoms with Crippen molar-refractivity contribution in [3.05, 3.63) is 35.6 Å². The first-order valence-electron chi connectivity index (χ1n) is 9.59. The molecule has 1 unspecified atom stereocenters. The molecular formula is C20H29FN8S2+2. The van der Waals surface area contributed by atoms with E-state index in [2.05, 4.69) is 40.5 Å². The Morgan fingerprint density at radius 2 is 1.87 bits per heavy atom. The number of nitrogens with zero attached hydrogens (tertiary/aromatic N) is 5. The lowest BCUT2D eigenvalue weighted by molar-refractivity contribution is -0.738. The van der Waals surface area contributed by atoms with E-state index < -0.39 is 0 Å². The van der Waals surface area contributed by atoms with Crippen molar-refractivity contribution >= 4 is 57.6 Å². The van der Waals surface area contributed by atoms with E-state index in [4.69, 9.17) is 12.2 Å². The topological polar surface area (TPSA) is 79.2 Å². The minimum Gasteiger partial charge on any atom is -0.364 e. The predicted molar refractivity (Wildman–Crippen MR) is 133 cm³/mol. The number of hydrazone groups is 2. The summed E-state index contributed by atoms with van der Waals surface area (Å²) in [5, 5.41) is 12.9. The molecule has 1 atom stereocenters. The fourth-order valence-electron chi connectivity index (χ4n) is 3.00. The molecule has 1 aliphatic rings. The van der Waals surface area contributed by atoms with Crippen molar-refractivity contribution in [2.75, 3.05) is 34.4 Å². The van der Waals surface area contributed by atoms with Crippen LogP contribution in [0.4, 0.5) is 4.39 Å². The summed E-state index contributed by atoms with van der Waals surface area (Å²) in [5.41, 5.74) is 9.03. The van der Waals surface area contributed by atoms with Crippen LogP contribution in [0.5, 0.6) is 0 Å². The first kappa shape index (κ1) is 24.6. The monoisotopic (exact) mass is 464 g/mol. The lowest BCUT2D eigenvalue weighted by atomic mass is 10.1. The molecule has 0 aromatic heterocycles. The normalized spacial score (nSPS) is 17.6. The van der Waals surface area contributed by atoms with Crippen LogP contribution in [0.2, 0.25) is 0 Å². The highest BCUT2D eigenvalue weighted by atomic mass is 32.2. The van der Waals surface area contributed by atoms with Gasteiger partial charge in [0, 0.05) is 14.1 Å². The summed E-state index contributed by atoms with van der Waals surface area (Å²) < 4.78 is 17.5. The summed E-state index contributed by atoms with van der Waals surface area (Å²) in [5.74, 6) is -0.240. The third kappa shape index (κ3) is 6.66. The van der Waals surface area contributed by atoms with Crippen LogP contribution in [0.25, 0.3) is 0 Å². The second-order valence-corrected chi connectivity index (χ2v) is 8.00. The maximum Gasteiger partial charge on any atom is 0.347 e. The molecule has 0 fully saturated rings. The number of benzene rings is 1. The van der Waals surface area contributed by atoms with Crippen molar-refractivity contribution in [2.24, 2.45) is 15.2 Å². The maximum atomic E-state index is 13.3. The van der Waals surface area contributed by atoms with Gasteiger partial charge in [-0.3, -0.25) is 15.8 Å². The Bertz CT molecular complexity index is 964. The molecular weight excluding hydrogens is 435 g/mol. The average molecular weight is 465 g/mol. The van der Waals surface area contributed by atoms with Crippen LogP contribution >= 0.6 is 24.0 Å². The molecule has 0 saturated carbocycles. The van der Waals surface area contributed by atoms with Gasteiger partial charge >= 0.3 is 6.17 Å². The average Bonchev–Trinajstić information content (AvgIpc) is 3.04. The molecule has 3 N–H and O–H groups in total. The molecule has 1 aromatic rings. The van der Waals surface area contributed by atoms with Gasteiger partial charge in [0.05, 0.1) is 5.71 Å². The number of thiocarbonyl (C=S) groups is 1. The second-order valence-electron chi connectivity index (χ2n) is 6.80. The lowest BCUT2D eigenvalue weighted by Gasteiger charge is -2.08. The molecule has 166 valence electrons. The van der Waals surface area contributed by atoms with Crippen molar-refractivity contribution < 1.29 is 13.5 Å². The highest BCUT2D eigenvalue weighted by Gasteiger charge is 2.40. The molecule has 0 bridgehead atoms. The maximum absolute atomic E-state index is 13.3. The Labute approximate surface area is 192 Å². The molecule has 2 rings (SSSR count). The minimum absolute atomic E-state index is 0.0432. The molecule has 1 aromatic carbocycles. The number of aliphatic imine (C=N–C) groups is 1. The fraction of sp³-hybridized carbons (Fsp3) is 0.400. The Hall–Kier alpha value is -2.66. The van der Waals surface area contributed by atoms with Crippen LogP contribution in [0, 0.1) is 5.82 Å². The van der Waals surface area contributed by atoms with E-state index in [1.807, 2.05) is 45.6 Å². The molecule has 1 aliphatic heterocycles. The van der Waals surface area contributed by atoms with Crippen LogP contribution in [0.3, 0.4) is 0 Å². The second kappa shape index (κ2) is 11.7. The van der Waals surface area contributed by atoms with E-state index >= 15 is 0 Å². The summed E-state index contributed by atoms with van der Waals surface area (Å²) in [6, 6.07) is 6.58. The van der Waals surface area contributed by atoms with Crippen LogP contribution in [-0.4, -0.2) is 83.4 Å². The molecule has 31 heavy (non-hydrogen) atoms. The smallest absolute Gasteiger partial charge is 0.347 e. The highest BCUT2D eigenvalue weighted by Crippen LogP contribution is 2.11. The highest BCUT2D eigenvalue weighted by molar-refractivity contribution is 8.13. The number of thioether (sulfide) groups is 1. The van der Waals surface area contributed by atoms with Crippen molar-refractivity contribution in [3.63, 3.8) is 0 Å². The zero-order valence-corrected chi connectivity index (χ0v) is 20.2. The largest absolute Gasteiger partial charge is 0.364 e.